The molecule has 3 rings (SSSR count). The molecule has 0 fully saturated rings. The topological polar surface area (TPSA) is 49.3 Å². The summed E-state index contributed by atoms with van der Waals surface area (Å²) < 4.78 is 26.1. The molecule has 0 heterocycles. The van der Waals surface area contributed by atoms with Crippen molar-refractivity contribution in [3.05, 3.63) is 95.1 Å². The van der Waals surface area contributed by atoms with Crippen LogP contribution < -0.4 is 5.32 Å². The van der Waals surface area contributed by atoms with Gasteiger partial charge < -0.3 is 10.4 Å². The van der Waals surface area contributed by atoms with E-state index in [4.69, 9.17) is 0 Å². The number of hydrogen-bond acceptors (Lipinski definition) is 3. The molecule has 0 unspecified atom stereocenters. The zero-order valence-electron chi connectivity index (χ0n) is 14.6. The Labute approximate surface area is 156 Å². The molecule has 0 atom stereocenters. The van der Waals surface area contributed by atoms with Crippen LogP contribution in [0.15, 0.2) is 66.7 Å². The highest BCUT2D eigenvalue weighted by molar-refractivity contribution is 5.98. The molecule has 0 bridgehead atoms. The van der Waals surface area contributed by atoms with Crippen LogP contribution >= 0.6 is 0 Å². The van der Waals surface area contributed by atoms with E-state index in [0.717, 1.165) is 22.3 Å². The van der Waals surface area contributed by atoms with Crippen molar-refractivity contribution in [3.63, 3.8) is 0 Å². The normalized spacial score (nSPS) is 10.8. The van der Waals surface area contributed by atoms with Crippen LogP contribution in [0.4, 0.5) is 8.78 Å². The molecule has 27 heavy (non-hydrogen) atoms. The molecule has 0 saturated heterocycles. The van der Waals surface area contributed by atoms with Crippen molar-refractivity contribution >= 4 is 5.78 Å². The van der Waals surface area contributed by atoms with E-state index in [1.165, 1.54) is 24.3 Å². The van der Waals surface area contributed by atoms with Crippen molar-refractivity contribution < 1.29 is 18.7 Å². The minimum absolute atomic E-state index is 0.280. The van der Waals surface area contributed by atoms with Gasteiger partial charge in [-0.2, -0.15) is 0 Å². The lowest BCUT2D eigenvalue weighted by molar-refractivity contribution is 0.0903. The van der Waals surface area contributed by atoms with Crippen LogP contribution in [0.5, 0.6) is 0 Å². The Kier molecular flexibility index (Phi) is 6.06. The molecule has 0 aromatic heterocycles. The van der Waals surface area contributed by atoms with Crippen molar-refractivity contribution in [3.8, 4) is 11.1 Å². The van der Waals surface area contributed by atoms with Crippen LogP contribution in [0, 0.1) is 11.6 Å². The molecule has 0 aliphatic rings. The van der Waals surface area contributed by atoms with E-state index in [-0.39, 0.29) is 17.4 Å². The number of Topliss-reactive ketones (excluding diaryl/α,β-unsaturated/α-hetero) is 1. The van der Waals surface area contributed by atoms with Gasteiger partial charge in [-0.15, -0.1) is 0 Å². The zero-order valence-corrected chi connectivity index (χ0v) is 14.6. The molecule has 0 spiro atoms. The van der Waals surface area contributed by atoms with E-state index < -0.39 is 6.61 Å². The lowest BCUT2D eigenvalue weighted by Gasteiger charge is -2.11. The number of aliphatic hydroxyl groups is 1. The molecular weight excluding hydrogens is 348 g/mol. The number of halogens is 2. The molecular formula is C22H19F2NO2. The standard InChI is InChI=1S/C22H19F2NO2/c23-20-5-1-15(2-6-20)12-25-13-16-9-18(11-19(10-16)22(27)14-26)17-3-7-21(24)8-4-17/h1-11,25-26H,12-14H2. The fourth-order valence-corrected chi connectivity index (χ4v) is 2.81. The number of carbonyl (C=O) groups excluding carboxylic acids is 1. The Balaban J connectivity index is 1.80. The second kappa shape index (κ2) is 8.66. The number of carbonyl (C=O) groups is 1. The predicted octanol–water partition coefficient (Wildman–Crippen LogP) is 4.10. The molecule has 5 heteroatoms. The third kappa shape index (κ3) is 5.06. The van der Waals surface area contributed by atoms with Crippen molar-refractivity contribution in [1.29, 1.82) is 0 Å². The lowest BCUT2D eigenvalue weighted by atomic mass is 9.98. The second-order valence-corrected chi connectivity index (χ2v) is 6.24. The smallest absolute Gasteiger partial charge is 0.188 e. The van der Waals surface area contributed by atoms with Crippen molar-refractivity contribution in [2.75, 3.05) is 6.61 Å². The van der Waals surface area contributed by atoms with E-state index in [2.05, 4.69) is 5.32 Å². The molecule has 3 nitrogen and oxygen atoms in total. The van der Waals surface area contributed by atoms with Gasteiger partial charge >= 0.3 is 0 Å². The van der Waals surface area contributed by atoms with Gasteiger partial charge in [-0.1, -0.05) is 24.3 Å². The maximum atomic E-state index is 13.2. The molecule has 0 radical (unpaired) electrons. The van der Waals surface area contributed by atoms with Crippen LogP contribution in [-0.4, -0.2) is 17.5 Å². The maximum Gasteiger partial charge on any atom is 0.188 e. The van der Waals surface area contributed by atoms with Gasteiger partial charge in [-0.25, -0.2) is 8.78 Å². The van der Waals surface area contributed by atoms with Crippen molar-refractivity contribution in [1.82, 2.24) is 5.32 Å². The van der Waals surface area contributed by atoms with E-state index in [1.807, 2.05) is 6.07 Å². The van der Waals surface area contributed by atoms with Crippen molar-refractivity contribution in [2.24, 2.45) is 0 Å². The number of ketones is 1. The fourth-order valence-electron chi connectivity index (χ4n) is 2.81. The first-order chi connectivity index (χ1) is 13.0. The molecule has 3 aromatic carbocycles. The summed E-state index contributed by atoms with van der Waals surface area (Å²) in [5.41, 5.74) is 3.75. The Morgan fingerprint density at radius 2 is 1.37 bits per heavy atom. The third-order valence-electron chi connectivity index (χ3n) is 4.21. The van der Waals surface area contributed by atoms with Gasteiger partial charge in [0.1, 0.15) is 18.2 Å². The van der Waals surface area contributed by atoms with E-state index in [1.54, 1.807) is 36.4 Å². The molecule has 0 saturated carbocycles. The van der Waals surface area contributed by atoms with E-state index in [9.17, 15) is 18.7 Å². The fraction of sp³-hybridized carbons (Fsp3) is 0.136. The Morgan fingerprint density at radius 1 is 0.778 bits per heavy atom. The zero-order chi connectivity index (χ0) is 19.2. The number of hydrogen-bond donors (Lipinski definition) is 2. The highest BCUT2D eigenvalue weighted by Gasteiger charge is 2.09. The summed E-state index contributed by atoms with van der Waals surface area (Å²) in [4.78, 5) is 12.0. The van der Waals surface area contributed by atoms with Gasteiger partial charge in [-0.05, 0) is 64.7 Å². The number of rotatable bonds is 7. The first-order valence-corrected chi connectivity index (χ1v) is 8.54. The highest BCUT2D eigenvalue weighted by Crippen LogP contribution is 2.23. The molecule has 0 amide bonds. The van der Waals surface area contributed by atoms with Crippen LogP contribution in [-0.2, 0) is 13.1 Å². The van der Waals surface area contributed by atoms with Crippen LogP contribution in [0.2, 0.25) is 0 Å². The average molecular weight is 367 g/mol. The number of nitrogens with one attached hydrogen (secondary N) is 1. The van der Waals surface area contributed by atoms with Crippen LogP contribution in [0.3, 0.4) is 0 Å². The van der Waals surface area contributed by atoms with E-state index in [0.29, 0.717) is 18.7 Å². The average Bonchev–Trinajstić information content (AvgIpc) is 2.69. The number of aliphatic hydroxyl groups excluding tert-OH is 1. The Hall–Kier alpha value is -2.89. The Morgan fingerprint density at radius 3 is 2.00 bits per heavy atom. The summed E-state index contributed by atoms with van der Waals surface area (Å²) in [6, 6.07) is 17.6. The monoisotopic (exact) mass is 367 g/mol. The van der Waals surface area contributed by atoms with Crippen LogP contribution in [0.1, 0.15) is 21.5 Å². The highest BCUT2D eigenvalue weighted by atomic mass is 19.1. The van der Waals surface area contributed by atoms with Crippen LogP contribution in [0.25, 0.3) is 11.1 Å². The summed E-state index contributed by atoms with van der Waals surface area (Å²) in [5, 5.41) is 12.4. The van der Waals surface area contributed by atoms with Gasteiger partial charge in [0.05, 0.1) is 0 Å². The van der Waals surface area contributed by atoms with Gasteiger partial charge in [0.25, 0.3) is 0 Å². The third-order valence-corrected chi connectivity index (χ3v) is 4.21. The number of benzene rings is 3. The van der Waals surface area contributed by atoms with E-state index >= 15 is 0 Å². The molecule has 2 N–H and O–H groups in total. The van der Waals surface area contributed by atoms with Gasteiger partial charge in [-0.3, -0.25) is 4.79 Å². The summed E-state index contributed by atoms with van der Waals surface area (Å²) in [6.45, 7) is 0.456. The second-order valence-electron chi connectivity index (χ2n) is 6.24. The lowest BCUT2D eigenvalue weighted by Crippen LogP contribution is -2.14. The molecule has 0 aliphatic heterocycles. The minimum Gasteiger partial charge on any atom is -0.388 e. The minimum atomic E-state index is -0.574. The maximum absolute atomic E-state index is 13.2. The summed E-state index contributed by atoms with van der Waals surface area (Å²) >= 11 is 0. The largest absolute Gasteiger partial charge is 0.388 e. The Bertz CT molecular complexity index is 922. The predicted molar refractivity (Wildman–Crippen MR) is 100 cm³/mol. The summed E-state index contributed by atoms with van der Waals surface area (Å²) in [7, 11) is 0. The molecule has 138 valence electrons. The SMILES string of the molecule is O=C(CO)c1cc(CNCc2ccc(F)cc2)cc(-c2ccc(F)cc2)c1. The van der Waals surface area contributed by atoms with Gasteiger partial charge in [0.15, 0.2) is 5.78 Å². The first kappa shape index (κ1) is 18.9. The van der Waals surface area contributed by atoms with Gasteiger partial charge in [0, 0.05) is 18.7 Å². The molecule has 0 aliphatic carbocycles. The summed E-state index contributed by atoms with van der Waals surface area (Å²) in [5.74, 6) is -0.987. The quantitative estimate of drug-likeness (QED) is 0.618. The van der Waals surface area contributed by atoms with Gasteiger partial charge in [0.2, 0.25) is 0 Å². The molecule has 3 aromatic rings. The first-order valence-electron chi connectivity index (χ1n) is 8.54. The van der Waals surface area contributed by atoms with Crippen molar-refractivity contribution in [2.45, 2.75) is 13.1 Å². The summed E-state index contributed by atoms with van der Waals surface area (Å²) in [6.07, 6.45) is 0.